The maximum absolute atomic E-state index is 10.5. The van der Waals surface area contributed by atoms with Gasteiger partial charge in [-0.1, -0.05) is 5.21 Å². The Morgan fingerprint density at radius 3 is 2.75 bits per heavy atom. The normalized spacial score (nSPS) is 10.9. The fourth-order valence-electron chi connectivity index (χ4n) is 1.59. The van der Waals surface area contributed by atoms with Crippen LogP contribution in [-0.2, 0) is 11.3 Å². The lowest BCUT2D eigenvalue weighted by Gasteiger charge is -2.02. The average molecular weight is 219 g/mol. The van der Waals surface area contributed by atoms with Gasteiger partial charge in [-0.05, 0) is 37.1 Å². The minimum absolute atomic E-state index is 0.0609. The molecule has 2 aromatic rings. The lowest BCUT2D eigenvalue weighted by atomic mass is 10.1. The number of carbonyl (C=O) groups is 1. The molecule has 0 aliphatic carbocycles. The first-order chi connectivity index (χ1) is 7.58. The molecule has 5 heteroatoms. The number of benzene rings is 1. The predicted octanol–water partition coefficient (Wildman–Crippen LogP) is 1.52. The SMILES string of the molecule is Cc1cc2nnn(CCC(=O)O)c2cc1C. The number of hydrogen-bond donors (Lipinski definition) is 1. The summed E-state index contributed by atoms with van der Waals surface area (Å²) >= 11 is 0. The van der Waals surface area contributed by atoms with Crippen LogP contribution in [0.1, 0.15) is 17.5 Å². The van der Waals surface area contributed by atoms with Crippen molar-refractivity contribution in [1.29, 1.82) is 0 Å². The Morgan fingerprint density at radius 1 is 1.38 bits per heavy atom. The summed E-state index contributed by atoms with van der Waals surface area (Å²) in [4.78, 5) is 10.5. The smallest absolute Gasteiger partial charge is 0.305 e. The van der Waals surface area contributed by atoms with Crippen molar-refractivity contribution >= 4 is 17.0 Å². The Morgan fingerprint density at radius 2 is 2.06 bits per heavy atom. The predicted molar refractivity (Wildman–Crippen MR) is 59.3 cm³/mol. The number of fused-ring (bicyclic) bond motifs is 1. The molecule has 0 saturated carbocycles. The van der Waals surface area contributed by atoms with Crippen LogP contribution >= 0.6 is 0 Å². The van der Waals surface area contributed by atoms with E-state index in [0.717, 1.165) is 22.2 Å². The number of aromatic nitrogens is 3. The van der Waals surface area contributed by atoms with E-state index < -0.39 is 5.97 Å². The molecule has 0 radical (unpaired) electrons. The summed E-state index contributed by atoms with van der Waals surface area (Å²) in [6.07, 6.45) is 0.0609. The van der Waals surface area contributed by atoms with Crippen LogP contribution in [0.4, 0.5) is 0 Å². The van der Waals surface area contributed by atoms with Crippen molar-refractivity contribution in [1.82, 2.24) is 15.0 Å². The summed E-state index contributed by atoms with van der Waals surface area (Å²) in [5, 5.41) is 16.6. The van der Waals surface area contributed by atoms with Gasteiger partial charge in [0.1, 0.15) is 5.52 Å². The van der Waals surface area contributed by atoms with Gasteiger partial charge in [0, 0.05) is 0 Å². The van der Waals surface area contributed by atoms with Crippen LogP contribution in [0, 0.1) is 13.8 Å². The fraction of sp³-hybridized carbons (Fsp3) is 0.364. The molecule has 5 nitrogen and oxygen atoms in total. The van der Waals surface area contributed by atoms with E-state index in [9.17, 15) is 4.79 Å². The molecule has 0 fully saturated rings. The van der Waals surface area contributed by atoms with Crippen LogP contribution in [0.15, 0.2) is 12.1 Å². The van der Waals surface area contributed by atoms with E-state index in [1.807, 2.05) is 26.0 Å². The van der Waals surface area contributed by atoms with Crippen LogP contribution < -0.4 is 0 Å². The Bertz CT molecular complexity index is 545. The molecule has 0 aliphatic heterocycles. The van der Waals surface area contributed by atoms with Crippen molar-refractivity contribution in [3.63, 3.8) is 0 Å². The van der Waals surface area contributed by atoms with Crippen LogP contribution in [0.5, 0.6) is 0 Å². The lowest BCUT2D eigenvalue weighted by molar-refractivity contribution is -0.137. The number of carboxylic acids is 1. The number of nitrogens with zero attached hydrogens (tertiary/aromatic N) is 3. The molecule has 0 atom stereocenters. The topological polar surface area (TPSA) is 68.0 Å². The third kappa shape index (κ3) is 1.88. The molecule has 2 rings (SSSR count). The van der Waals surface area contributed by atoms with Gasteiger partial charge in [0.15, 0.2) is 0 Å². The molecule has 0 unspecified atom stereocenters. The van der Waals surface area contributed by atoms with Crippen LogP contribution in [0.25, 0.3) is 11.0 Å². The van der Waals surface area contributed by atoms with Crippen molar-refractivity contribution in [2.45, 2.75) is 26.8 Å². The van der Waals surface area contributed by atoms with E-state index in [-0.39, 0.29) is 6.42 Å². The standard InChI is InChI=1S/C11H13N3O2/c1-7-5-9-10(6-8(7)2)14(13-12-9)4-3-11(15)16/h5-6H,3-4H2,1-2H3,(H,15,16). The van der Waals surface area contributed by atoms with E-state index in [1.165, 1.54) is 0 Å². The maximum atomic E-state index is 10.5. The van der Waals surface area contributed by atoms with Gasteiger partial charge in [0.2, 0.25) is 0 Å². The zero-order valence-corrected chi connectivity index (χ0v) is 9.27. The quantitative estimate of drug-likeness (QED) is 0.849. The van der Waals surface area contributed by atoms with Gasteiger partial charge in [-0.2, -0.15) is 0 Å². The Kier molecular flexibility index (Phi) is 2.60. The molecule has 1 heterocycles. The van der Waals surface area contributed by atoms with Gasteiger partial charge < -0.3 is 5.11 Å². The number of carboxylic acid groups (broad SMARTS) is 1. The molecule has 0 spiro atoms. The first-order valence-electron chi connectivity index (χ1n) is 5.10. The van der Waals surface area contributed by atoms with Crippen molar-refractivity contribution in [3.8, 4) is 0 Å². The minimum atomic E-state index is -0.826. The number of aryl methyl sites for hydroxylation is 3. The monoisotopic (exact) mass is 219 g/mol. The highest BCUT2D eigenvalue weighted by Crippen LogP contribution is 2.17. The second-order valence-corrected chi connectivity index (χ2v) is 3.88. The van der Waals surface area contributed by atoms with Gasteiger partial charge in [-0.25, -0.2) is 4.68 Å². The zero-order valence-electron chi connectivity index (χ0n) is 9.27. The fourth-order valence-corrected chi connectivity index (χ4v) is 1.59. The molecule has 0 bridgehead atoms. The van der Waals surface area contributed by atoms with E-state index >= 15 is 0 Å². The Labute approximate surface area is 92.7 Å². The van der Waals surface area contributed by atoms with E-state index in [4.69, 9.17) is 5.11 Å². The number of hydrogen-bond acceptors (Lipinski definition) is 3. The molecule has 1 N–H and O–H groups in total. The third-order valence-electron chi connectivity index (χ3n) is 2.67. The molecule has 1 aromatic carbocycles. The molecule has 0 aliphatic rings. The molecular weight excluding hydrogens is 206 g/mol. The molecule has 16 heavy (non-hydrogen) atoms. The zero-order chi connectivity index (χ0) is 11.7. The van der Waals surface area contributed by atoms with Gasteiger partial charge in [-0.3, -0.25) is 4.79 Å². The Balaban J connectivity index is 2.40. The molecule has 0 saturated heterocycles. The summed E-state index contributed by atoms with van der Waals surface area (Å²) in [5.41, 5.74) is 4.03. The molecule has 1 aromatic heterocycles. The molecular formula is C11H13N3O2. The first-order valence-corrected chi connectivity index (χ1v) is 5.10. The van der Waals surface area contributed by atoms with Gasteiger partial charge in [0.25, 0.3) is 0 Å². The van der Waals surface area contributed by atoms with Crippen molar-refractivity contribution in [2.24, 2.45) is 0 Å². The summed E-state index contributed by atoms with van der Waals surface area (Å²) in [5.74, 6) is -0.826. The molecule has 0 amide bonds. The summed E-state index contributed by atoms with van der Waals surface area (Å²) < 4.78 is 1.63. The summed E-state index contributed by atoms with van der Waals surface area (Å²) in [7, 11) is 0. The summed E-state index contributed by atoms with van der Waals surface area (Å²) in [6, 6.07) is 3.96. The van der Waals surface area contributed by atoms with Crippen LogP contribution in [0.2, 0.25) is 0 Å². The Hall–Kier alpha value is -1.91. The average Bonchev–Trinajstić information content (AvgIpc) is 2.58. The number of aliphatic carboxylic acids is 1. The van der Waals surface area contributed by atoms with E-state index in [0.29, 0.717) is 6.54 Å². The highest BCUT2D eigenvalue weighted by molar-refractivity contribution is 5.76. The van der Waals surface area contributed by atoms with E-state index in [1.54, 1.807) is 4.68 Å². The highest BCUT2D eigenvalue weighted by Gasteiger charge is 2.07. The van der Waals surface area contributed by atoms with Gasteiger partial charge in [0.05, 0.1) is 18.5 Å². The maximum Gasteiger partial charge on any atom is 0.305 e. The van der Waals surface area contributed by atoms with Crippen molar-refractivity contribution < 1.29 is 9.90 Å². The minimum Gasteiger partial charge on any atom is -0.481 e. The largest absolute Gasteiger partial charge is 0.481 e. The van der Waals surface area contributed by atoms with Crippen molar-refractivity contribution in [2.75, 3.05) is 0 Å². The third-order valence-corrected chi connectivity index (χ3v) is 2.67. The van der Waals surface area contributed by atoms with Crippen LogP contribution in [0.3, 0.4) is 0 Å². The molecule has 84 valence electrons. The highest BCUT2D eigenvalue weighted by atomic mass is 16.4. The second kappa shape index (κ2) is 3.92. The summed E-state index contributed by atoms with van der Waals surface area (Å²) in [6.45, 7) is 4.39. The number of rotatable bonds is 3. The second-order valence-electron chi connectivity index (χ2n) is 3.88. The lowest BCUT2D eigenvalue weighted by Crippen LogP contribution is -2.06. The van der Waals surface area contributed by atoms with E-state index in [2.05, 4.69) is 10.3 Å². The van der Waals surface area contributed by atoms with Gasteiger partial charge >= 0.3 is 5.97 Å². The first kappa shape index (κ1) is 10.6. The van der Waals surface area contributed by atoms with Crippen molar-refractivity contribution in [3.05, 3.63) is 23.3 Å². The van der Waals surface area contributed by atoms with Gasteiger partial charge in [-0.15, -0.1) is 5.10 Å². The van der Waals surface area contributed by atoms with Crippen LogP contribution in [-0.4, -0.2) is 26.1 Å².